The molecule has 1 aliphatic heterocycles. The lowest BCUT2D eigenvalue weighted by Gasteiger charge is -2.22. The molecule has 4 rings (SSSR count). The fraction of sp³-hybridized carbons (Fsp3) is 0.150. The Morgan fingerprint density at radius 3 is 2.71 bits per heavy atom. The monoisotopic (exact) mass is 319 g/mol. The van der Waals surface area contributed by atoms with Crippen LogP contribution in [0.1, 0.15) is 22.5 Å². The lowest BCUT2D eigenvalue weighted by Crippen LogP contribution is -2.19. The molecule has 0 aliphatic carbocycles. The van der Waals surface area contributed by atoms with Crippen molar-refractivity contribution in [2.24, 2.45) is 0 Å². The number of H-pyrrole nitrogens is 1. The average molecular weight is 319 g/mol. The summed E-state index contributed by atoms with van der Waals surface area (Å²) in [6, 6.07) is 15.2. The van der Waals surface area contributed by atoms with Gasteiger partial charge in [-0.2, -0.15) is 0 Å². The molecule has 0 atom stereocenters. The van der Waals surface area contributed by atoms with Crippen molar-refractivity contribution in [3.8, 4) is 11.4 Å². The third-order valence-corrected chi connectivity index (χ3v) is 4.25. The van der Waals surface area contributed by atoms with E-state index in [1.54, 1.807) is 12.1 Å². The highest BCUT2D eigenvalue weighted by Gasteiger charge is 2.17. The van der Waals surface area contributed by atoms with Crippen LogP contribution in [-0.4, -0.2) is 14.9 Å². The molecule has 3 nitrogen and oxygen atoms in total. The van der Waals surface area contributed by atoms with E-state index in [2.05, 4.69) is 52.3 Å². The summed E-state index contributed by atoms with van der Waals surface area (Å²) in [6.07, 6.45) is 4.07. The van der Waals surface area contributed by atoms with Gasteiger partial charge in [0.05, 0.1) is 23.5 Å². The average Bonchev–Trinajstić information content (AvgIpc) is 3.00. The molecule has 120 valence electrons. The molecule has 0 unspecified atom stereocenters. The van der Waals surface area contributed by atoms with Gasteiger partial charge in [-0.1, -0.05) is 42.0 Å². The van der Waals surface area contributed by atoms with Crippen molar-refractivity contribution in [3.05, 3.63) is 83.1 Å². The first-order valence-corrected chi connectivity index (χ1v) is 8.00. The predicted molar refractivity (Wildman–Crippen MR) is 93.4 cm³/mol. The zero-order chi connectivity index (χ0) is 16.5. The van der Waals surface area contributed by atoms with Gasteiger partial charge in [-0.3, -0.25) is 0 Å². The zero-order valence-electron chi connectivity index (χ0n) is 13.5. The number of imidazole rings is 1. The Hall–Kier alpha value is -2.88. The first-order valence-electron chi connectivity index (χ1n) is 8.00. The highest BCUT2D eigenvalue weighted by molar-refractivity contribution is 5.61. The molecule has 0 saturated carbocycles. The van der Waals surface area contributed by atoms with E-state index < -0.39 is 0 Å². The fourth-order valence-electron chi connectivity index (χ4n) is 2.92. The minimum atomic E-state index is -0.260. The Morgan fingerprint density at radius 1 is 1.12 bits per heavy atom. The number of benzene rings is 2. The van der Waals surface area contributed by atoms with Crippen LogP contribution in [0.5, 0.6) is 0 Å². The van der Waals surface area contributed by atoms with E-state index in [0.29, 0.717) is 17.9 Å². The van der Waals surface area contributed by atoms with Gasteiger partial charge in [-0.05, 0) is 30.7 Å². The van der Waals surface area contributed by atoms with E-state index in [1.807, 2.05) is 12.1 Å². The maximum Gasteiger partial charge on any atom is 0.141 e. The number of rotatable bonds is 3. The molecule has 3 aromatic rings. The van der Waals surface area contributed by atoms with Crippen molar-refractivity contribution in [2.45, 2.75) is 20.0 Å². The number of hydrogen-bond acceptors (Lipinski definition) is 2. The van der Waals surface area contributed by atoms with E-state index in [9.17, 15) is 4.39 Å². The number of nitrogens with one attached hydrogen (secondary N) is 1. The summed E-state index contributed by atoms with van der Waals surface area (Å²) >= 11 is 0. The number of aryl methyl sites for hydroxylation is 1. The number of fused-ring (bicyclic) bond motifs is 1. The van der Waals surface area contributed by atoms with Crippen LogP contribution in [0, 0.1) is 12.7 Å². The lowest BCUT2D eigenvalue weighted by atomic mass is 10.1. The van der Waals surface area contributed by atoms with Crippen molar-refractivity contribution in [3.63, 3.8) is 0 Å². The largest absolute Gasteiger partial charge is 0.367 e. The van der Waals surface area contributed by atoms with Crippen LogP contribution < -0.4 is 0 Å². The fourth-order valence-corrected chi connectivity index (χ4v) is 2.92. The summed E-state index contributed by atoms with van der Waals surface area (Å²) in [6.45, 7) is 3.63. The molecule has 1 aromatic heterocycles. The van der Waals surface area contributed by atoms with Gasteiger partial charge in [0.25, 0.3) is 0 Å². The van der Waals surface area contributed by atoms with Gasteiger partial charge in [0, 0.05) is 12.7 Å². The first kappa shape index (κ1) is 14.7. The smallest absolute Gasteiger partial charge is 0.141 e. The second-order valence-electron chi connectivity index (χ2n) is 6.13. The van der Waals surface area contributed by atoms with Crippen molar-refractivity contribution >= 4 is 6.08 Å². The van der Waals surface area contributed by atoms with E-state index in [1.165, 1.54) is 17.2 Å². The standard InChI is InChI=1S/C20H18FN3/c1-14-6-8-15(9-7-14)12-24-11-10-18-19(13-24)23-20(22-18)16-4-2-3-5-17(16)21/h2-11H,12-13H2,1H3,(H,22,23). The van der Waals surface area contributed by atoms with Gasteiger partial charge in [0.1, 0.15) is 11.6 Å². The molecule has 0 radical (unpaired) electrons. The molecule has 0 fully saturated rings. The van der Waals surface area contributed by atoms with Crippen LogP contribution in [0.15, 0.2) is 54.7 Å². The number of halogens is 1. The normalized spacial score (nSPS) is 13.2. The molecule has 0 spiro atoms. The Labute approximate surface area is 140 Å². The van der Waals surface area contributed by atoms with E-state index in [4.69, 9.17) is 0 Å². The van der Waals surface area contributed by atoms with Crippen LogP contribution in [0.2, 0.25) is 0 Å². The Balaban J connectivity index is 1.55. The number of nitrogens with zero attached hydrogens (tertiary/aromatic N) is 2. The number of aromatic amines is 1. The molecular formula is C20H18FN3. The topological polar surface area (TPSA) is 31.9 Å². The molecule has 0 saturated heterocycles. The van der Waals surface area contributed by atoms with Gasteiger partial charge >= 0.3 is 0 Å². The van der Waals surface area contributed by atoms with Crippen molar-refractivity contribution in [2.75, 3.05) is 0 Å². The van der Waals surface area contributed by atoms with E-state index >= 15 is 0 Å². The van der Waals surface area contributed by atoms with E-state index in [-0.39, 0.29) is 5.82 Å². The minimum absolute atomic E-state index is 0.260. The molecule has 1 aliphatic rings. The second kappa shape index (κ2) is 5.96. The Kier molecular flexibility index (Phi) is 3.65. The highest BCUT2D eigenvalue weighted by Crippen LogP contribution is 2.25. The predicted octanol–water partition coefficient (Wildman–Crippen LogP) is 4.51. The van der Waals surface area contributed by atoms with Gasteiger partial charge < -0.3 is 9.88 Å². The van der Waals surface area contributed by atoms with Gasteiger partial charge in [-0.15, -0.1) is 0 Å². The maximum absolute atomic E-state index is 13.9. The molecule has 24 heavy (non-hydrogen) atoms. The second-order valence-corrected chi connectivity index (χ2v) is 6.13. The van der Waals surface area contributed by atoms with E-state index in [0.717, 1.165) is 17.9 Å². The zero-order valence-corrected chi connectivity index (χ0v) is 13.5. The Bertz CT molecular complexity index is 894. The molecule has 0 bridgehead atoms. The molecule has 0 amide bonds. The lowest BCUT2D eigenvalue weighted by molar-refractivity contribution is 0.355. The van der Waals surface area contributed by atoms with Crippen molar-refractivity contribution in [1.82, 2.24) is 14.9 Å². The summed E-state index contributed by atoms with van der Waals surface area (Å²) in [5, 5.41) is 0. The van der Waals surface area contributed by atoms with Gasteiger partial charge in [-0.25, -0.2) is 9.37 Å². The minimum Gasteiger partial charge on any atom is -0.367 e. The van der Waals surface area contributed by atoms with Crippen molar-refractivity contribution < 1.29 is 4.39 Å². The van der Waals surface area contributed by atoms with Crippen LogP contribution in [0.4, 0.5) is 4.39 Å². The quantitative estimate of drug-likeness (QED) is 0.770. The number of aromatic nitrogens is 2. The van der Waals surface area contributed by atoms with Gasteiger partial charge in [0.15, 0.2) is 0 Å². The van der Waals surface area contributed by atoms with Gasteiger partial charge in [0.2, 0.25) is 0 Å². The van der Waals surface area contributed by atoms with Crippen LogP contribution in [-0.2, 0) is 13.1 Å². The van der Waals surface area contributed by atoms with Crippen LogP contribution in [0.3, 0.4) is 0 Å². The molecular weight excluding hydrogens is 301 g/mol. The summed E-state index contributed by atoms with van der Waals surface area (Å²) in [4.78, 5) is 10.0. The van der Waals surface area contributed by atoms with Crippen LogP contribution in [0.25, 0.3) is 17.5 Å². The first-order chi connectivity index (χ1) is 11.7. The number of hydrogen-bond donors (Lipinski definition) is 1. The molecule has 2 aromatic carbocycles. The van der Waals surface area contributed by atoms with Crippen molar-refractivity contribution in [1.29, 1.82) is 0 Å². The molecule has 4 heteroatoms. The SMILES string of the molecule is Cc1ccc(CN2C=Cc3[nH]c(-c4ccccc4F)nc3C2)cc1. The molecule has 2 heterocycles. The molecule has 1 N–H and O–H groups in total. The van der Waals surface area contributed by atoms with Crippen LogP contribution >= 0.6 is 0 Å². The Morgan fingerprint density at radius 2 is 1.92 bits per heavy atom. The third kappa shape index (κ3) is 2.83. The summed E-state index contributed by atoms with van der Waals surface area (Å²) < 4.78 is 13.9. The highest BCUT2D eigenvalue weighted by atomic mass is 19.1. The summed E-state index contributed by atoms with van der Waals surface area (Å²) in [7, 11) is 0. The third-order valence-electron chi connectivity index (χ3n) is 4.25. The summed E-state index contributed by atoms with van der Waals surface area (Å²) in [5.41, 5.74) is 4.93. The maximum atomic E-state index is 13.9. The summed E-state index contributed by atoms with van der Waals surface area (Å²) in [5.74, 6) is 0.323.